The molecule has 132 valence electrons. The summed E-state index contributed by atoms with van der Waals surface area (Å²) in [5, 5.41) is 3.05. The molecule has 1 aliphatic heterocycles. The van der Waals surface area contributed by atoms with Crippen molar-refractivity contribution < 1.29 is 14.3 Å². The van der Waals surface area contributed by atoms with Crippen molar-refractivity contribution >= 4 is 11.9 Å². The summed E-state index contributed by atoms with van der Waals surface area (Å²) in [6.07, 6.45) is 2.53. The number of nitrogens with one attached hydrogen (secondary N) is 1. The van der Waals surface area contributed by atoms with E-state index in [0.717, 1.165) is 37.9 Å². The molecule has 1 N–H and O–H groups in total. The zero-order valence-corrected chi connectivity index (χ0v) is 14.9. The van der Waals surface area contributed by atoms with Crippen molar-refractivity contribution in [3.05, 3.63) is 35.4 Å². The minimum Gasteiger partial charge on any atom is -0.469 e. The number of ether oxygens (including phenoxy) is 1. The van der Waals surface area contributed by atoms with E-state index in [9.17, 15) is 9.59 Å². The molecule has 1 fully saturated rings. The van der Waals surface area contributed by atoms with Crippen molar-refractivity contribution in [1.82, 2.24) is 10.2 Å². The van der Waals surface area contributed by atoms with Gasteiger partial charge in [-0.1, -0.05) is 31.2 Å². The molecule has 1 aromatic rings. The molecule has 1 heterocycles. The number of likely N-dealkylation sites (tertiary alicyclic amines) is 1. The maximum atomic E-state index is 12.2. The van der Waals surface area contributed by atoms with Gasteiger partial charge in [0, 0.05) is 0 Å². The highest BCUT2D eigenvalue weighted by molar-refractivity contribution is 5.78. The van der Waals surface area contributed by atoms with E-state index >= 15 is 0 Å². The fraction of sp³-hybridized carbons (Fsp3) is 0.579. The van der Waals surface area contributed by atoms with Gasteiger partial charge in [0.25, 0.3) is 0 Å². The van der Waals surface area contributed by atoms with Crippen LogP contribution in [0.2, 0.25) is 0 Å². The van der Waals surface area contributed by atoms with Gasteiger partial charge in [0.2, 0.25) is 5.91 Å². The van der Waals surface area contributed by atoms with Gasteiger partial charge in [-0.2, -0.15) is 0 Å². The molecule has 24 heavy (non-hydrogen) atoms. The number of nitrogens with zero attached hydrogens (tertiary/aromatic N) is 1. The van der Waals surface area contributed by atoms with Crippen LogP contribution in [0.25, 0.3) is 0 Å². The second-order valence-electron chi connectivity index (χ2n) is 6.46. The highest BCUT2D eigenvalue weighted by atomic mass is 16.5. The van der Waals surface area contributed by atoms with Crippen LogP contribution in [0.5, 0.6) is 0 Å². The topological polar surface area (TPSA) is 58.6 Å². The number of rotatable bonds is 6. The number of esters is 1. The Hall–Kier alpha value is -1.88. The van der Waals surface area contributed by atoms with E-state index in [2.05, 4.69) is 41.4 Å². The van der Waals surface area contributed by atoms with Crippen molar-refractivity contribution in [2.75, 3.05) is 26.7 Å². The zero-order chi connectivity index (χ0) is 17.5. The van der Waals surface area contributed by atoms with Gasteiger partial charge in [0.05, 0.1) is 25.6 Å². The van der Waals surface area contributed by atoms with Gasteiger partial charge in [0.15, 0.2) is 0 Å². The molecule has 1 atom stereocenters. The first-order valence-electron chi connectivity index (χ1n) is 8.71. The van der Waals surface area contributed by atoms with Crippen LogP contribution in [0.15, 0.2) is 24.3 Å². The lowest BCUT2D eigenvalue weighted by Crippen LogP contribution is -2.43. The predicted molar refractivity (Wildman–Crippen MR) is 93.6 cm³/mol. The molecule has 0 saturated carbocycles. The average Bonchev–Trinajstić information content (AvgIpc) is 2.61. The number of methoxy groups -OCH3 is 1. The molecule has 0 aliphatic carbocycles. The average molecular weight is 332 g/mol. The summed E-state index contributed by atoms with van der Waals surface area (Å²) in [7, 11) is 1.43. The number of benzene rings is 1. The predicted octanol–water partition coefficient (Wildman–Crippen LogP) is 2.31. The maximum absolute atomic E-state index is 12.2. The molecule has 2 rings (SSSR count). The standard InChI is InChI=1S/C19H28N2O3/c1-4-15-5-7-16(8-6-15)14(2)20-18(22)13-21-11-9-17(10-12-21)19(23)24-3/h5-8,14,17H,4,9-13H2,1-3H3,(H,20,22)/t14-/m1/s1. The molecule has 0 bridgehead atoms. The minimum atomic E-state index is -0.136. The quantitative estimate of drug-likeness (QED) is 0.812. The Morgan fingerprint density at radius 1 is 1.25 bits per heavy atom. The molecular formula is C19H28N2O3. The summed E-state index contributed by atoms with van der Waals surface area (Å²) in [6, 6.07) is 8.36. The van der Waals surface area contributed by atoms with Crippen LogP contribution >= 0.6 is 0 Å². The lowest BCUT2D eigenvalue weighted by Gasteiger charge is -2.30. The third-order valence-corrected chi connectivity index (χ3v) is 4.75. The smallest absolute Gasteiger partial charge is 0.308 e. The molecule has 5 nitrogen and oxygen atoms in total. The monoisotopic (exact) mass is 332 g/mol. The molecule has 0 unspecified atom stereocenters. The van der Waals surface area contributed by atoms with E-state index in [4.69, 9.17) is 4.74 Å². The second kappa shape index (κ2) is 8.83. The van der Waals surface area contributed by atoms with Crippen molar-refractivity contribution in [2.24, 2.45) is 5.92 Å². The molecule has 1 saturated heterocycles. The van der Waals surface area contributed by atoms with Gasteiger partial charge < -0.3 is 10.1 Å². The Balaban J connectivity index is 1.77. The number of hydrogen-bond donors (Lipinski definition) is 1. The van der Waals surface area contributed by atoms with Gasteiger partial charge in [0.1, 0.15) is 0 Å². The molecule has 1 amide bonds. The number of hydrogen-bond acceptors (Lipinski definition) is 4. The van der Waals surface area contributed by atoms with Crippen LogP contribution in [-0.2, 0) is 20.7 Å². The number of carbonyl (C=O) groups excluding carboxylic acids is 2. The number of aryl methyl sites for hydroxylation is 1. The van der Waals surface area contributed by atoms with E-state index in [1.54, 1.807) is 0 Å². The van der Waals surface area contributed by atoms with Crippen molar-refractivity contribution in [1.29, 1.82) is 0 Å². The molecule has 1 aliphatic rings. The highest BCUT2D eigenvalue weighted by Gasteiger charge is 2.26. The molecule has 0 spiro atoms. The third kappa shape index (κ3) is 5.06. The normalized spacial score (nSPS) is 17.3. The Kier molecular flexibility index (Phi) is 6.79. The fourth-order valence-corrected chi connectivity index (χ4v) is 3.11. The summed E-state index contributed by atoms with van der Waals surface area (Å²) in [5.74, 6) is -0.132. The van der Waals surface area contributed by atoms with Gasteiger partial charge in [-0.3, -0.25) is 14.5 Å². The Labute approximate surface area is 144 Å². The number of piperidine rings is 1. The van der Waals surface area contributed by atoms with E-state index in [-0.39, 0.29) is 23.8 Å². The molecule has 0 radical (unpaired) electrons. The molecular weight excluding hydrogens is 304 g/mol. The zero-order valence-electron chi connectivity index (χ0n) is 14.9. The first-order chi connectivity index (χ1) is 11.5. The maximum Gasteiger partial charge on any atom is 0.308 e. The molecule has 1 aromatic carbocycles. The number of carbonyl (C=O) groups is 2. The summed E-state index contributed by atoms with van der Waals surface area (Å²) in [5.41, 5.74) is 2.41. The minimum absolute atomic E-state index is 0.00369. The third-order valence-electron chi connectivity index (χ3n) is 4.75. The van der Waals surface area contributed by atoms with Crippen LogP contribution in [0.3, 0.4) is 0 Å². The Morgan fingerprint density at radius 3 is 2.42 bits per heavy atom. The first-order valence-corrected chi connectivity index (χ1v) is 8.71. The van der Waals surface area contributed by atoms with Gasteiger partial charge in [-0.25, -0.2) is 0 Å². The van der Waals surface area contributed by atoms with Crippen LogP contribution in [0, 0.1) is 5.92 Å². The SMILES string of the molecule is CCc1ccc([C@@H](C)NC(=O)CN2CCC(C(=O)OC)CC2)cc1. The van der Waals surface area contributed by atoms with Crippen LogP contribution in [0.1, 0.15) is 43.9 Å². The highest BCUT2D eigenvalue weighted by Crippen LogP contribution is 2.18. The summed E-state index contributed by atoms with van der Waals surface area (Å²) >= 11 is 0. The summed E-state index contributed by atoms with van der Waals surface area (Å²) in [4.78, 5) is 25.9. The number of amides is 1. The lowest BCUT2D eigenvalue weighted by molar-refractivity contribution is -0.147. The summed E-state index contributed by atoms with van der Waals surface area (Å²) in [6.45, 7) is 6.02. The van der Waals surface area contributed by atoms with Gasteiger partial charge in [-0.05, 0) is 50.4 Å². The van der Waals surface area contributed by atoms with E-state index in [0.29, 0.717) is 6.54 Å². The van der Waals surface area contributed by atoms with Gasteiger partial charge >= 0.3 is 5.97 Å². The van der Waals surface area contributed by atoms with Crippen molar-refractivity contribution in [3.63, 3.8) is 0 Å². The van der Waals surface area contributed by atoms with E-state index in [1.807, 2.05) is 6.92 Å². The molecule has 0 aromatic heterocycles. The van der Waals surface area contributed by atoms with E-state index in [1.165, 1.54) is 12.7 Å². The van der Waals surface area contributed by atoms with E-state index < -0.39 is 0 Å². The molecule has 5 heteroatoms. The fourth-order valence-electron chi connectivity index (χ4n) is 3.11. The lowest BCUT2D eigenvalue weighted by atomic mass is 9.97. The van der Waals surface area contributed by atoms with Crippen LogP contribution in [0.4, 0.5) is 0 Å². The second-order valence-corrected chi connectivity index (χ2v) is 6.46. The largest absolute Gasteiger partial charge is 0.469 e. The Morgan fingerprint density at radius 2 is 1.88 bits per heavy atom. The van der Waals surface area contributed by atoms with Gasteiger partial charge in [-0.15, -0.1) is 0 Å². The summed E-state index contributed by atoms with van der Waals surface area (Å²) < 4.78 is 4.79. The van der Waals surface area contributed by atoms with Crippen LogP contribution in [-0.4, -0.2) is 43.5 Å². The van der Waals surface area contributed by atoms with Crippen molar-refractivity contribution in [2.45, 2.75) is 39.2 Å². The Bertz CT molecular complexity index is 548. The first kappa shape index (κ1) is 18.5. The van der Waals surface area contributed by atoms with Crippen LogP contribution < -0.4 is 5.32 Å². The van der Waals surface area contributed by atoms with Crippen molar-refractivity contribution in [3.8, 4) is 0 Å².